The van der Waals surface area contributed by atoms with Crippen LogP contribution in [0.15, 0.2) is 48.5 Å². The van der Waals surface area contributed by atoms with Gasteiger partial charge in [-0.25, -0.2) is 0 Å². The SMILES string of the molecule is Cc1ccc2c(c1)[C@@H](O)[C@H](c1ccccc1)CC2. The molecule has 0 spiro atoms. The van der Waals surface area contributed by atoms with Crippen molar-refractivity contribution >= 4 is 0 Å². The highest BCUT2D eigenvalue weighted by Gasteiger charge is 2.28. The molecule has 0 aromatic heterocycles. The van der Waals surface area contributed by atoms with Crippen LogP contribution in [0.2, 0.25) is 0 Å². The average molecular weight is 238 g/mol. The number of aryl methyl sites for hydroxylation is 2. The first-order valence-electron chi connectivity index (χ1n) is 6.58. The molecule has 0 saturated carbocycles. The van der Waals surface area contributed by atoms with Crippen molar-refractivity contribution in [3.05, 3.63) is 70.8 Å². The van der Waals surface area contributed by atoms with Gasteiger partial charge in [0.2, 0.25) is 0 Å². The fourth-order valence-corrected chi connectivity index (χ4v) is 2.95. The van der Waals surface area contributed by atoms with Gasteiger partial charge in [0.25, 0.3) is 0 Å². The Morgan fingerprint density at radius 1 is 1.06 bits per heavy atom. The van der Waals surface area contributed by atoms with Crippen LogP contribution >= 0.6 is 0 Å². The maximum Gasteiger partial charge on any atom is 0.0861 e. The Morgan fingerprint density at radius 3 is 2.61 bits per heavy atom. The summed E-state index contributed by atoms with van der Waals surface area (Å²) in [7, 11) is 0. The maximum absolute atomic E-state index is 10.6. The fourth-order valence-electron chi connectivity index (χ4n) is 2.95. The van der Waals surface area contributed by atoms with Crippen LogP contribution in [0, 0.1) is 6.92 Å². The number of hydrogen-bond acceptors (Lipinski definition) is 1. The molecule has 0 unspecified atom stereocenters. The summed E-state index contributed by atoms with van der Waals surface area (Å²) in [6.07, 6.45) is 1.73. The van der Waals surface area contributed by atoms with E-state index in [1.165, 1.54) is 16.7 Å². The summed E-state index contributed by atoms with van der Waals surface area (Å²) >= 11 is 0. The van der Waals surface area contributed by atoms with Gasteiger partial charge in [-0.1, -0.05) is 54.1 Å². The molecule has 3 rings (SSSR count). The molecule has 0 bridgehead atoms. The lowest BCUT2D eigenvalue weighted by atomic mass is 9.77. The summed E-state index contributed by atoms with van der Waals surface area (Å²) in [5.74, 6) is 0.237. The standard InChI is InChI=1S/C17H18O/c1-12-7-8-14-9-10-15(17(18)16(14)11-12)13-5-3-2-4-6-13/h2-8,11,15,17-18H,9-10H2,1H3/t15-,17-/m0/s1. The molecule has 1 N–H and O–H groups in total. The first-order valence-corrected chi connectivity index (χ1v) is 6.58. The Kier molecular flexibility index (Phi) is 2.92. The molecule has 0 saturated heterocycles. The van der Waals surface area contributed by atoms with E-state index < -0.39 is 0 Å². The molecular weight excluding hydrogens is 220 g/mol. The highest BCUT2D eigenvalue weighted by molar-refractivity contribution is 5.38. The van der Waals surface area contributed by atoms with Gasteiger partial charge in [0.1, 0.15) is 0 Å². The van der Waals surface area contributed by atoms with Crippen LogP contribution < -0.4 is 0 Å². The summed E-state index contributed by atoms with van der Waals surface area (Å²) in [6, 6.07) is 16.8. The summed E-state index contributed by atoms with van der Waals surface area (Å²) in [5.41, 5.74) is 4.90. The lowest BCUT2D eigenvalue weighted by Crippen LogP contribution is -2.19. The molecule has 0 fully saturated rings. The third-order valence-corrected chi connectivity index (χ3v) is 3.95. The van der Waals surface area contributed by atoms with Gasteiger partial charge in [-0.3, -0.25) is 0 Å². The molecule has 0 aliphatic heterocycles. The van der Waals surface area contributed by atoms with E-state index in [9.17, 15) is 5.11 Å². The van der Waals surface area contributed by atoms with Crippen molar-refractivity contribution in [2.24, 2.45) is 0 Å². The van der Waals surface area contributed by atoms with Crippen molar-refractivity contribution in [3.63, 3.8) is 0 Å². The third kappa shape index (κ3) is 1.95. The number of aliphatic hydroxyl groups excluding tert-OH is 1. The zero-order valence-electron chi connectivity index (χ0n) is 10.6. The van der Waals surface area contributed by atoms with Gasteiger partial charge in [-0.2, -0.15) is 0 Å². The van der Waals surface area contributed by atoms with Crippen molar-refractivity contribution < 1.29 is 5.11 Å². The number of aliphatic hydroxyl groups is 1. The minimum atomic E-state index is -0.365. The molecule has 2 aromatic rings. The van der Waals surface area contributed by atoms with Gasteiger partial charge < -0.3 is 5.11 Å². The van der Waals surface area contributed by atoms with E-state index >= 15 is 0 Å². The monoisotopic (exact) mass is 238 g/mol. The predicted molar refractivity (Wildman–Crippen MR) is 73.6 cm³/mol. The van der Waals surface area contributed by atoms with Crippen LogP contribution in [-0.2, 0) is 6.42 Å². The Labute approximate surface area is 108 Å². The number of fused-ring (bicyclic) bond motifs is 1. The van der Waals surface area contributed by atoms with Crippen LogP contribution in [0.3, 0.4) is 0 Å². The van der Waals surface area contributed by atoms with Crippen LogP contribution in [0.4, 0.5) is 0 Å². The van der Waals surface area contributed by atoms with Gasteiger partial charge >= 0.3 is 0 Å². The largest absolute Gasteiger partial charge is 0.388 e. The second kappa shape index (κ2) is 4.58. The second-order valence-electron chi connectivity index (χ2n) is 5.20. The summed E-state index contributed by atoms with van der Waals surface area (Å²) in [6.45, 7) is 2.08. The number of hydrogen-bond donors (Lipinski definition) is 1. The summed E-state index contributed by atoms with van der Waals surface area (Å²) in [4.78, 5) is 0. The van der Waals surface area contributed by atoms with Gasteiger partial charge in [-0.05, 0) is 36.5 Å². The van der Waals surface area contributed by atoms with Gasteiger partial charge in [0.05, 0.1) is 6.10 Å². The highest BCUT2D eigenvalue weighted by atomic mass is 16.3. The Morgan fingerprint density at radius 2 is 1.83 bits per heavy atom. The van der Waals surface area contributed by atoms with Crippen molar-refractivity contribution in [1.82, 2.24) is 0 Å². The zero-order chi connectivity index (χ0) is 12.5. The molecule has 2 aromatic carbocycles. The Hall–Kier alpha value is -1.60. The van der Waals surface area contributed by atoms with E-state index in [1.54, 1.807) is 0 Å². The quantitative estimate of drug-likeness (QED) is 0.802. The smallest absolute Gasteiger partial charge is 0.0861 e. The molecule has 1 heteroatoms. The van der Waals surface area contributed by atoms with Crippen LogP contribution in [-0.4, -0.2) is 5.11 Å². The minimum Gasteiger partial charge on any atom is -0.388 e. The van der Waals surface area contributed by atoms with Crippen LogP contribution in [0.1, 0.15) is 40.7 Å². The first kappa shape index (κ1) is 11.5. The number of rotatable bonds is 1. The van der Waals surface area contributed by atoms with Gasteiger partial charge in [0.15, 0.2) is 0 Å². The van der Waals surface area contributed by atoms with Crippen LogP contribution in [0.5, 0.6) is 0 Å². The summed E-state index contributed by atoms with van der Waals surface area (Å²) in [5, 5.41) is 10.6. The van der Waals surface area contributed by atoms with Crippen LogP contribution in [0.25, 0.3) is 0 Å². The lowest BCUT2D eigenvalue weighted by Gasteiger charge is -2.30. The molecule has 0 amide bonds. The van der Waals surface area contributed by atoms with Crippen molar-refractivity contribution in [1.29, 1.82) is 0 Å². The Balaban J connectivity index is 1.99. The normalized spacial score (nSPS) is 22.6. The first-order chi connectivity index (χ1) is 8.75. The van der Waals surface area contributed by atoms with Crippen molar-refractivity contribution in [2.45, 2.75) is 31.8 Å². The van der Waals surface area contributed by atoms with Gasteiger partial charge in [0, 0.05) is 5.92 Å². The summed E-state index contributed by atoms with van der Waals surface area (Å²) < 4.78 is 0. The lowest BCUT2D eigenvalue weighted by molar-refractivity contribution is 0.131. The van der Waals surface area contributed by atoms with E-state index in [0.29, 0.717) is 0 Å². The molecule has 1 aliphatic rings. The predicted octanol–water partition coefficient (Wildman–Crippen LogP) is 3.76. The third-order valence-electron chi connectivity index (χ3n) is 3.95. The van der Waals surface area contributed by atoms with Gasteiger partial charge in [-0.15, -0.1) is 0 Å². The molecule has 92 valence electrons. The average Bonchev–Trinajstić information content (AvgIpc) is 2.41. The molecule has 18 heavy (non-hydrogen) atoms. The van der Waals surface area contributed by atoms with E-state index in [-0.39, 0.29) is 12.0 Å². The van der Waals surface area contributed by atoms with Crippen molar-refractivity contribution in [3.8, 4) is 0 Å². The van der Waals surface area contributed by atoms with E-state index in [2.05, 4.69) is 37.3 Å². The zero-order valence-corrected chi connectivity index (χ0v) is 10.6. The molecule has 0 radical (unpaired) electrons. The highest BCUT2D eigenvalue weighted by Crippen LogP contribution is 2.40. The molecule has 0 heterocycles. The van der Waals surface area contributed by atoms with E-state index in [1.807, 2.05) is 18.2 Å². The molecule has 1 nitrogen and oxygen atoms in total. The number of benzene rings is 2. The molecular formula is C17H18O. The minimum absolute atomic E-state index is 0.237. The Bertz CT molecular complexity index is 545. The topological polar surface area (TPSA) is 20.2 Å². The molecule has 1 aliphatic carbocycles. The second-order valence-corrected chi connectivity index (χ2v) is 5.20. The maximum atomic E-state index is 10.6. The molecule has 2 atom stereocenters. The van der Waals surface area contributed by atoms with E-state index in [0.717, 1.165) is 18.4 Å². The fraction of sp³-hybridized carbons (Fsp3) is 0.294. The van der Waals surface area contributed by atoms with E-state index in [4.69, 9.17) is 0 Å². The van der Waals surface area contributed by atoms with Crippen molar-refractivity contribution in [2.75, 3.05) is 0 Å².